The SMILES string of the molecule is CC(C)Cn1c(SCc2nnc(Cc3ccccc3)o2)nc2ccc(Br)cc2c1=O. The summed E-state index contributed by atoms with van der Waals surface area (Å²) in [7, 11) is 0. The van der Waals surface area contributed by atoms with Crippen LogP contribution in [0.3, 0.4) is 0 Å². The van der Waals surface area contributed by atoms with Crippen molar-refractivity contribution < 1.29 is 4.42 Å². The van der Waals surface area contributed by atoms with E-state index < -0.39 is 0 Å². The lowest BCUT2D eigenvalue weighted by atomic mass is 10.2. The Morgan fingerprint density at radius 2 is 1.87 bits per heavy atom. The minimum absolute atomic E-state index is 0.0344. The molecule has 0 atom stereocenters. The Kier molecular flexibility index (Phi) is 6.34. The van der Waals surface area contributed by atoms with Crippen LogP contribution in [0.15, 0.2) is 67.4 Å². The number of hydrogen-bond donors (Lipinski definition) is 0. The Hall–Kier alpha value is -2.45. The van der Waals surface area contributed by atoms with Crippen molar-refractivity contribution in [2.45, 2.75) is 37.7 Å². The smallest absolute Gasteiger partial charge is 0.262 e. The summed E-state index contributed by atoms with van der Waals surface area (Å²) < 4.78 is 8.40. The summed E-state index contributed by atoms with van der Waals surface area (Å²) in [6, 6.07) is 15.6. The summed E-state index contributed by atoms with van der Waals surface area (Å²) in [5.41, 5.74) is 1.77. The fourth-order valence-electron chi connectivity index (χ4n) is 3.12. The highest BCUT2D eigenvalue weighted by Gasteiger charge is 2.15. The van der Waals surface area contributed by atoms with Crippen molar-refractivity contribution in [3.05, 3.63) is 80.7 Å². The Morgan fingerprint density at radius 1 is 1.10 bits per heavy atom. The maximum atomic E-state index is 13.1. The van der Waals surface area contributed by atoms with E-state index >= 15 is 0 Å². The quantitative estimate of drug-likeness (QED) is 0.269. The Labute approximate surface area is 186 Å². The van der Waals surface area contributed by atoms with Crippen molar-refractivity contribution in [3.63, 3.8) is 0 Å². The van der Waals surface area contributed by atoms with Gasteiger partial charge in [0.1, 0.15) is 0 Å². The maximum absolute atomic E-state index is 13.1. The van der Waals surface area contributed by atoms with E-state index in [-0.39, 0.29) is 5.56 Å². The van der Waals surface area contributed by atoms with E-state index in [0.717, 1.165) is 10.0 Å². The molecule has 154 valence electrons. The number of hydrogen-bond acceptors (Lipinski definition) is 6. The lowest BCUT2D eigenvalue weighted by molar-refractivity contribution is 0.469. The van der Waals surface area contributed by atoms with Gasteiger partial charge >= 0.3 is 0 Å². The second-order valence-electron chi connectivity index (χ2n) is 7.41. The predicted molar refractivity (Wildman–Crippen MR) is 122 cm³/mol. The van der Waals surface area contributed by atoms with Crippen molar-refractivity contribution in [2.24, 2.45) is 5.92 Å². The maximum Gasteiger partial charge on any atom is 0.262 e. The molecule has 0 radical (unpaired) electrons. The fourth-order valence-corrected chi connectivity index (χ4v) is 4.33. The molecule has 2 aromatic heterocycles. The van der Waals surface area contributed by atoms with Crippen LogP contribution in [0.1, 0.15) is 31.2 Å². The van der Waals surface area contributed by atoms with Crippen LogP contribution in [0, 0.1) is 5.92 Å². The summed E-state index contributed by atoms with van der Waals surface area (Å²) in [6.45, 7) is 4.76. The van der Waals surface area contributed by atoms with Gasteiger partial charge in [-0.1, -0.05) is 71.9 Å². The first kappa shape index (κ1) is 20.8. The van der Waals surface area contributed by atoms with Crippen molar-refractivity contribution in [3.8, 4) is 0 Å². The largest absolute Gasteiger partial charge is 0.424 e. The molecule has 0 aliphatic carbocycles. The van der Waals surface area contributed by atoms with Crippen LogP contribution in [0.2, 0.25) is 0 Å². The normalized spacial score (nSPS) is 11.5. The second-order valence-corrected chi connectivity index (χ2v) is 9.26. The van der Waals surface area contributed by atoms with Gasteiger partial charge in [-0.3, -0.25) is 9.36 Å². The lowest BCUT2D eigenvalue weighted by Crippen LogP contribution is -2.25. The first-order chi connectivity index (χ1) is 14.5. The molecule has 8 heteroatoms. The summed E-state index contributed by atoms with van der Waals surface area (Å²) in [5, 5.41) is 9.57. The van der Waals surface area contributed by atoms with Gasteiger partial charge in [-0.25, -0.2) is 4.98 Å². The summed E-state index contributed by atoms with van der Waals surface area (Å²) in [4.78, 5) is 17.8. The number of nitrogens with zero attached hydrogens (tertiary/aromatic N) is 4. The molecule has 0 fully saturated rings. The molecule has 4 aromatic rings. The molecule has 0 unspecified atom stereocenters. The van der Waals surface area contributed by atoms with Crippen molar-refractivity contribution in [2.75, 3.05) is 0 Å². The standard InChI is InChI=1S/C22H21BrN4O2S/c1-14(2)12-27-21(28)17-11-16(23)8-9-18(17)24-22(27)30-13-20-26-25-19(29-20)10-15-6-4-3-5-7-15/h3-9,11,14H,10,12-13H2,1-2H3. The van der Waals surface area contributed by atoms with Gasteiger partial charge in [0.2, 0.25) is 11.8 Å². The van der Waals surface area contributed by atoms with Gasteiger partial charge in [0.15, 0.2) is 5.16 Å². The predicted octanol–water partition coefficient (Wildman–Crippen LogP) is 5.08. The zero-order valence-corrected chi connectivity index (χ0v) is 19.1. The Bertz CT molecular complexity index is 1220. The first-order valence-corrected chi connectivity index (χ1v) is 11.5. The van der Waals surface area contributed by atoms with Crippen molar-refractivity contribution >= 4 is 38.6 Å². The van der Waals surface area contributed by atoms with E-state index in [0.29, 0.717) is 52.5 Å². The molecule has 2 heterocycles. The Morgan fingerprint density at radius 3 is 2.63 bits per heavy atom. The number of thioether (sulfide) groups is 1. The minimum Gasteiger partial charge on any atom is -0.424 e. The molecular weight excluding hydrogens is 464 g/mol. The zero-order chi connectivity index (χ0) is 21.1. The van der Waals surface area contributed by atoms with Gasteiger partial charge in [-0.15, -0.1) is 10.2 Å². The van der Waals surface area contributed by atoms with Crippen molar-refractivity contribution in [1.29, 1.82) is 0 Å². The molecule has 2 aromatic carbocycles. The van der Waals surface area contributed by atoms with Crippen LogP contribution >= 0.6 is 27.7 Å². The molecule has 0 saturated carbocycles. The van der Waals surface area contributed by atoms with Gasteiger partial charge in [-0.05, 0) is 29.7 Å². The highest BCUT2D eigenvalue weighted by atomic mass is 79.9. The van der Waals surface area contributed by atoms with Crippen LogP contribution in [0.4, 0.5) is 0 Å². The number of halogens is 1. The molecule has 0 N–H and O–H groups in total. The second kappa shape index (κ2) is 9.14. The highest BCUT2D eigenvalue weighted by Crippen LogP contribution is 2.24. The van der Waals surface area contributed by atoms with E-state index in [1.807, 2.05) is 48.5 Å². The molecule has 6 nitrogen and oxygen atoms in total. The Balaban J connectivity index is 1.57. The molecule has 0 spiro atoms. The number of fused-ring (bicyclic) bond motifs is 1. The van der Waals surface area contributed by atoms with E-state index in [4.69, 9.17) is 9.40 Å². The van der Waals surface area contributed by atoms with Gasteiger partial charge in [0, 0.05) is 11.0 Å². The van der Waals surface area contributed by atoms with E-state index in [1.165, 1.54) is 11.8 Å². The summed E-state index contributed by atoms with van der Waals surface area (Å²) in [6.07, 6.45) is 0.597. The van der Waals surface area contributed by atoms with E-state index in [2.05, 4.69) is 40.0 Å². The molecule has 0 aliphatic rings. The average molecular weight is 485 g/mol. The summed E-state index contributed by atoms with van der Waals surface area (Å²) >= 11 is 4.88. The van der Waals surface area contributed by atoms with Crippen LogP contribution in [0.5, 0.6) is 0 Å². The monoisotopic (exact) mass is 484 g/mol. The van der Waals surface area contributed by atoms with Crippen LogP contribution in [-0.2, 0) is 18.7 Å². The third kappa shape index (κ3) is 4.82. The topological polar surface area (TPSA) is 73.8 Å². The molecule has 0 saturated heterocycles. The van der Waals surface area contributed by atoms with Crippen LogP contribution in [0.25, 0.3) is 10.9 Å². The molecule has 0 bridgehead atoms. The van der Waals surface area contributed by atoms with Gasteiger partial charge in [0.25, 0.3) is 5.56 Å². The van der Waals surface area contributed by atoms with Crippen LogP contribution in [-0.4, -0.2) is 19.7 Å². The highest BCUT2D eigenvalue weighted by molar-refractivity contribution is 9.10. The van der Waals surface area contributed by atoms with E-state index in [9.17, 15) is 4.79 Å². The lowest BCUT2D eigenvalue weighted by Gasteiger charge is -2.14. The van der Waals surface area contributed by atoms with Gasteiger partial charge in [-0.2, -0.15) is 0 Å². The third-order valence-electron chi connectivity index (χ3n) is 4.46. The number of rotatable bonds is 7. The number of benzene rings is 2. The van der Waals surface area contributed by atoms with Crippen molar-refractivity contribution in [1.82, 2.24) is 19.7 Å². The molecular formula is C22H21BrN4O2S. The number of aromatic nitrogens is 4. The summed E-state index contributed by atoms with van der Waals surface area (Å²) in [5.74, 6) is 1.86. The zero-order valence-electron chi connectivity index (χ0n) is 16.7. The minimum atomic E-state index is -0.0344. The fraction of sp³-hybridized carbons (Fsp3) is 0.273. The third-order valence-corrected chi connectivity index (χ3v) is 5.91. The molecule has 0 amide bonds. The molecule has 30 heavy (non-hydrogen) atoms. The average Bonchev–Trinajstić information content (AvgIpc) is 3.17. The van der Waals surface area contributed by atoms with E-state index in [1.54, 1.807) is 4.57 Å². The van der Waals surface area contributed by atoms with Crippen LogP contribution < -0.4 is 5.56 Å². The molecule has 0 aliphatic heterocycles. The van der Waals surface area contributed by atoms with Gasteiger partial charge in [0.05, 0.1) is 23.1 Å². The first-order valence-electron chi connectivity index (χ1n) is 9.67. The molecule has 4 rings (SSSR count). The van der Waals surface area contributed by atoms with Gasteiger partial charge < -0.3 is 4.42 Å².